The number of amides is 1. The molecule has 0 aliphatic heterocycles. The molecule has 1 aromatic carbocycles. The number of rotatable bonds is 4. The van der Waals surface area contributed by atoms with Crippen LogP contribution in [0.5, 0.6) is 0 Å². The number of anilines is 2. The number of hydrogen-bond donors (Lipinski definition) is 2. The van der Waals surface area contributed by atoms with Gasteiger partial charge in [0.1, 0.15) is 5.00 Å². The Labute approximate surface area is 163 Å². The minimum atomic E-state index is -0.482. The Morgan fingerprint density at radius 1 is 1.20 bits per heavy atom. The van der Waals surface area contributed by atoms with E-state index in [4.69, 9.17) is 17.0 Å². The fourth-order valence-electron chi connectivity index (χ4n) is 2.05. The highest BCUT2D eigenvalue weighted by Gasteiger charge is 2.23. The van der Waals surface area contributed by atoms with Gasteiger partial charge < -0.3 is 15.4 Å². The Balaban J connectivity index is 2.14. The van der Waals surface area contributed by atoms with E-state index in [1.165, 1.54) is 11.3 Å². The first-order valence-electron chi connectivity index (χ1n) is 7.48. The number of benzene rings is 1. The van der Waals surface area contributed by atoms with Gasteiger partial charge in [0.05, 0.1) is 12.2 Å². The number of aryl methyl sites for hydroxylation is 1. The van der Waals surface area contributed by atoms with Crippen LogP contribution in [0.4, 0.5) is 10.7 Å². The minimum absolute atomic E-state index is 0.0147. The lowest BCUT2D eigenvalue weighted by Crippen LogP contribution is -2.27. The van der Waals surface area contributed by atoms with E-state index >= 15 is 0 Å². The summed E-state index contributed by atoms with van der Waals surface area (Å²) in [5.74, 6) is -0.934. The Morgan fingerprint density at radius 3 is 2.44 bits per heavy atom. The number of nitrogens with one attached hydrogen (secondary N) is 2. The second kappa shape index (κ2) is 8.55. The highest BCUT2D eigenvalue weighted by molar-refractivity contribution is 9.10. The number of ether oxygens (including phenoxy) is 1. The lowest BCUT2D eigenvalue weighted by Gasteiger charge is -2.09. The van der Waals surface area contributed by atoms with E-state index < -0.39 is 11.9 Å². The normalized spacial score (nSPS) is 10.2. The maximum atomic E-state index is 12.4. The van der Waals surface area contributed by atoms with E-state index in [0.29, 0.717) is 16.3 Å². The summed E-state index contributed by atoms with van der Waals surface area (Å²) in [5.41, 5.74) is 1.88. The third-order valence-electron chi connectivity index (χ3n) is 3.40. The van der Waals surface area contributed by atoms with Gasteiger partial charge in [-0.25, -0.2) is 4.79 Å². The van der Waals surface area contributed by atoms with E-state index in [2.05, 4.69) is 26.6 Å². The molecule has 0 unspecified atom stereocenters. The van der Waals surface area contributed by atoms with Crippen LogP contribution in [0.15, 0.2) is 28.7 Å². The maximum Gasteiger partial charge on any atom is 0.341 e. The van der Waals surface area contributed by atoms with Crippen LogP contribution in [-0.4, -0.2) is 23.5 Å². The van der Waals surface area contributed by atoms with Crippen molar-refractivity contribution in [2.75, 3.05) is 17.2 Å². The number of thiocarbonyl (C=S) groups is 1. The molecular weight excluding hydrogens is 424 g/mol. The molecule has 25 heavy (non-hydrogen) atoms. The van der Waals surface area contributed by atoms with Crippen molar-refractivity contribution >= 4 is 67.0 Å². The lowest BCUT2D eigenvalue weighted by atomic mass is 10.1. The molecule has 5 nitrogen and oxygen atoms in total. The summed E-state index contributed by atoms with van der Waals surface area (Å²) in [5, 5.41) is 6.02. The van der Waals surface area contributed by atoms with Crippen LogP contribution in [0.1, 0.15) is 27.7 Å². The third kappa shape index (κ3) is 4.87. The van der Waals surface area contributed by atoms with Gasteiger partial charge in [0, 0.05) is 15.0 Å². The zero-order valence-corrected chi connectivity index (χ0v) is 17.2. The van der Waals surface area contributed by atoms with Crippen molar-refractivity contribution in [1.82, 2.24) is 0 Å². The molecule has 8 heteroatoms. The zero-order valence-electron chi connectivity index (χ0n) is 13.9. The molecule has 0 radical (unpaired) electrons. The number of hydrogen-bond acceptors (Lipinski definition) is 5. The first-order valence-corrected chi connectivity index (χ1v) is 9.50. The average molecular weight is 441 g/mol. The van der Waals surface area contributed by atoms with Gasteiger partial charge in [-0.15, -0.1) is 11.3 Å². The average Bonchev–Trinajstić information content (AvgIpc) is 2.84. The van der Waals surface area contributed by atoms with Crippen LogP contribution in [0, 0.1) is 13.8 Å². The maximum absolute atomic E-state index is 12.4. The summed E-state index contributed by atoms with van der Waals surface area (Å²) >= 11 is 9.81. The summed E-state index contributed by atoms with van der Waals surface area (Å²) in [7, 11) is 0. The minimum Gasteiger partial charge on any atom is -0.462 e. The van der Waals surface area contributed by atoms with Crippen molar-refractivity contribution in [2.45, 2.75) is 20.8 Å². The van der Waals surface area contributed by atoms with Gasteiger partial charge in [0.2, 0.25) is 0 Å². The molecule has 0 fully saturated rings. The third-order valence-corrected chi connectivity index (χ3v) is 5.34. The predicted octanol–water partition coefficient (Wildman–Crippen LogP) is 4.68. The second-order valence-electron chi connectivity index (χ2n) is 5.12. The molecular formula is C17H17BrN2O3S2. The number of thiophene rings is 1. The molecule has 0 spiro atoms. The fraction of sp³-hybridized carbons (Fsp3) is 0.235. The summed E-state index contributed by atoms with van der Waals surface area (Å²) in [6.45, 7) is 5.72. The van der Waals surface area contributed by atoms with Crippen molar-refractivity contribution in [3.8, 4) is 0 Å². The molecule has 132 valence electrons. The van der Waals surface area contributed by atoms with E-state index in [1.54, 1.807) is 19.1 Å². The number of esters is 1. The summed E-state index contributed by atoms with van der Waals surface area (Å²) < 4.78 is 6.00. The van der Waals surface area contributed by atoms with Gasteiger partial charge in [-0.2, -0.15) is 0 Å². The van der Waals surface area contributed by atoms with Gasteiger partial charge >= 0.3 is 5.97 Å². The van der Waals surface area contributed by atoms with Crippen LogP contribution in [-0.2, 0) is 9.53 Å². The number of carbonyl (C=O) groups excluding carboxylic acids is 2. The Morgan fingerprint density at radius 2 is 1.84 bits per heavy atom. The van der Waals surface area contributed by atoms with Gasteiger partial charge in [-0.3, -0.25) is 4.79 Å². The monoisotopic (exact) mass is 440 g/mol. The molecule has 1 amide bonds. The van der Waals surface area contributed by atoms with Gasteiger partial charge in [0.15, 0.2) is 4.99 Å². The van der Waals surface area contributed by atoms with Crippen molar-refractivity contribution in [3.63, 3.8) is 0 Å². The van der Waals surface area contributed by atoms with Crippen molar-refractivity contribution in [1.29, 1.82) is 0 Å². The molecule has 1 aromatic heterocycles. The fourth-order valence-corrected chi connectivity index (χ4v) is 3.52. The molecule has 0 atom stereocenters. The van der Waals surface area contributed by atoms with Gasteiger partial charge in [-0.1, -0.05) is 28.1 Å². The number of carbonyl (C=O) groups is 2. The first kappa shape index (κ1) is 19.6. The van der Waals surface area contributed by atoms with Crippen molar-refractivity contribution in [3.05, 3.63) is 44.7 Å². The van der Waals surface area contributed by atoms with Gasteiger partial charge in [-0.05, 0) is 50.6 Å². The zero-order chi connectivity index (χ0) is 18.6. The second-order valence-corrected chi connectivity index (χ2v) is 7.67. The summed E-state index contributed by atoms with van der Waals surface area (Å²) in [6.07, 6.45) is 0. The van der Waals surface area contributed by atoms with E-state index in [1.807, 2.05) is 26.0 Å². The van der Waals surface area contributed by atoms with Crippen LogP contribution in [0.2, 0.25) is 0 Å². The molecule has 0 aliphatic rings. The van der Waals surface area contributed by atoms with Crippen LogP contribution in [0.3, 0.4) is 0 Å². The highest BCUT2D eigenvalue weighted by Crippen LogP contribution is 2.33. The highest BCUT2D eigenvalue weighted by atomic mass is 79.9. The standard InChI is InChI=1S/C17H17BrN2O3S2/c1-4-23-17(22)13-9(2)10(3)25-16(13)20-14(21)15(24)19-12-7-5-11(18)6-8-12/h5-8H,4H2,1-3H3,(H,19,24)(H,20,21). The van der Waals surface area contributed by atoms with Crippen LogP contribution in [0.25, 0.3) is 0 Å². The lowest BCUT2D eigenvalue weighted by molar-refractivity contribution is -0.110. The molecule has 0 bridgehead atoms. The quantitative estimate of drug-likeness (QED) is 0.533. The van der Waals surface area contributed by atoms with E-state index in [9.17, 15) is 9.59 Å². The predicted molar refractivity (Wildman–Crippen MR) is 109 cm³/mol. The van der Waals surface area contributed by atoms with Crippen molar-refractivity contribution in [2.24, 2.45) is 0 Å². The topological polar surface area (TPSA) is 67.4 Å². The molecule has 2 aromatic rings. The SMILES string of the molecule is CCOC(=O)c1c(NC(=O)C(=S)Nc2ccc(Br)cc2)sc(C)c1C. The summed E-state index contributed by atoms with van der Waals surface area (Å²) in [4.78, 5) is 25.5. The van der Waals surface area contributed by atoms with E-state index in [-0.39, 0.29) is 11.6 Å². The molecule has 2 N–H and O–H groups in total. The molecule has 0 aliphatic carbocycles. The summed E-state index contributed by atoms with van der Waals surface area (Å²) in [6, 6.07) is 7.28. The van der Waals surface area contributed by atoms with Crippen LogP contribution < -0.4 is 10.6 Å². The Kier molecular flexibility index (Phi) is 6.69. The Bertz CT molecular complexity index is 816. The van der Waals surface area contributed by atoms with Crippen molar-refractivity contribution < 1.29 is 14.3 Å². The largest absolute Gasteiger partial charge is 0.462 e. The smallest absolute Gasteiger partial charge is 0.341 e. The number of halogens is 1. The molecule has 1 heterocycles. The molecule has 0 saturated carbocycles. The first-order chi connectivity index (χ1) is 11.8. The van der Waals surface area contributed by atoms with Gasteiger partial charge in [0.25, 0.3) is 5.91 Å². The van der Waals surface area contributed by atoms with Crippen LogP contribution >= 0.6 is 39.5 Å². The Hall–Kier alpha value is -1.77. The molecule has 2 rings (SSSR count). The van der Waals surface area contributed by atoms with E-state index in [0.717, 1.165) is 14.9 Å². The molecule has 0 saturated heterocycles.